The minimum absolute atomic E-state index is 0.00849. The normalized spacial score (nSPS) is 10.5. The van der Waals surface area contributed by atoms with Crippen LogP contribution in [0, 0.1) is 11.6 Å². The zero-order valence-corrected chi connectivity index (χ0v) is 12.7. The minimum Gasteiger partial charge on any atom is -0.368 e. The van der Waals surface area contributed by atoms with Gasteiger partial charge in [0.2, 0.25) is 0 Å². The van der Waals surface area contributed by atoms with Crippen LogP contribution in [0.15, 0.2) is 24.3 Å². The van der Waals surface area contributed by atoms with E-state index in [0.29, 0.717) is 22.3 Å². The number of pyridine rings is 1. The van der Waals surface area contributed by atoms with Crippen LogP contribution < -0.4 is 10.6 Å². The smallest absolute Gasteiger partial charge is 0.169 e. The molecule has 0 fully saturated rings. The third kappa shape index (κ3) is 3.95. The molecule has 1 aromatic carbocycles. The molecule has 0 bridgehead atoms. The first kappa shape index (κ1) is 15.8. The number of aromatic nitrogens is 1. The molecule has 1 aromatic heterocycles. The lowest BCUT2D eigenvalue weighted by Crippen LogP contribution is -2.07. The highest BCUT2D eigenvalue weighted by Crippen LogP contribution is 2.29. The Balaban J connectivity index is 2.30. The summed E-state index contributed by atoms with van der Waals surface area (Å²) >= 11 is 11.8. The first-order chi connectivity index (χ1) is 10.0. The SMILES string of the molecule is CCCNc1nc(Nc2ccc(Cl)cc2Cl)c(F)cc1F. The monoisotopic (exact) mass is 331 g/mol. The van der Waals surface area contributed by atoms with Crippen LogP contribution in [0.2, 0.25) is 10.0 Å². The molecule has 0 unspecified atom stereocenters. The van der Waals surface area contributed by atoms with Gasteiger partial charge < -0.3 is 10.6 Å². The van der Waals surface area contributed by atoms with Gasteiger partial charge in [0.25, 0.3) is 0 Å². The summed E-state index contributed by atoms with van der Waals surface area (Å²) in [7, 11) is 0. The molecule has 112 valence electrons. The number of nitrogens with one attached hydrogen (secondary N) is 2. The number of hydrogen-bond donors (Lipinski definition) is 2. The van der Waals surface area contributed by atoms with Gasteiger partial charge in [0.1, 0.15) is 0 Å². The Bertz CT molecular complexity index is 650. The zero-order valence-electron chi connectivity index (χ0n) is 11.2. The minimum atomic E-state index is -0.805. The molecule has 0 saturated carbocycles. The predicted molar refractivity (Wildman–Crippen MR) is 82.7 cm³/mol. The van der Waals surface area contributed by atoms with Gasteiger partial charge in [0, 0.05) is 17.6 Å². The van der Waals surface area contributed by atoms with Crippen LogP contribution in [0.5, 0.6) is 0 Å². The second kappa shape index (κ2) is 6.91. The van der Waals surface area contributed by atoms with Gasteiger partial charge in [-0.1, -0.05) is 30.1 Å². The molecule has 7 heteroatoms. The van der Waals surface area contributed by atoms with Gasteiger partial charge in [-0.25, -0.2) is 13.8 Å². The molecule has 0 aliphatic rings. The number of rotatable bonds is 5. The molecule has 21 heavy (non-hydrogen) atoms. The summed E-state index contributed by atoms with van der Waals surface area (Å²) in [5.74, 6) is -1.67. The van der Waals surface area contributed by atoms with Gasteiger partial charge in [-0.05, 0) is 24.6 Å². The summed E-state index contributed by atoms with van der Waals surface area (Å²) in [6.07, 6.45) is 0.796. The maximum Gasteiger partial charge on any atom is 0.169 e. The van der Waals surface area contributed by atoms with Crippen LogP contribution in [-0.2, 0) is 0 Å². The molecule has 0 radical (unpaired) electrons. The lowest BCUT2D eigenvalue weighted by atomic mass is 10.3. The van der Waals surface area contributed by atoms with Crippen LogP contribution in [0.4, 0.5) is 26.1 Å². The average molecular weight is 332 g/mol. The highest BCUT2D eigenvalue weighted by Gasteiger charge is 2.13. The summed E-state index contributed by atoms with van der Waals surface area (Å²) < 4.78 is 27.4. The van der Waals surface area contributed by atoms with Crippen molar-refractivity contribution in [3.63, 3.8) is 0 Å². The fourth-order valence-corrected chi connectivity index (χ4v) is 2.10. The Morgan fingerprint density at radius 3 is 2.48 bits per heavy atom. The molecule has 0 spiro atoms. The molecule has 1 heterocycles. The van der Waals surface area contributed by atoms with Crippen molar-refractivity contribution < 1.29 is 8.78 Å². The lowest BCUT2D eigenvalue weighted by molar-refractivity contribution is 0.579. The Labute approximate surface area is 131 Å². The summed E-state index contributed by atoms with van der Waals surface area (Å²) in [5.41, 5.74) is 0.431. The molecule has 0 aliphatic carbocycles. The van der Waals surface area contributed by atoms with Crippen LogP contribution in [0.25, 0.3) is 0 Å². The second-order valence-corrected chi connectivity index (χ2v) is 5.17. The van der Waals surface area contributed by atoms with Crippen LogP contribution in [0.1, 0.15) is 13.3 Å². The second-order valence-electron chi connectivity index (χ2n) is 4.33. The van der Waals surface area contributed by atoms with Crippen molar-refractivity contribution in [1.82, 2.24) is 4.98 Å². The number of benzene rings is 1. The third-order valence-electron chi connectivity index (χ3n) is 2.66. The molecule has 0 saturated heterocycles. The van der Waals surface area contributed by atoms with Gasteiger partial charge in [0.15, 0.2) is 23.3 Å². The van der Waals surface area contributed by atoms with E-state index in [1.807, 2.05) is 6.92 Å². The summed E-state index contributed by atoms with van der Waals surface area (Å²) in [6, 6.07) is 5.49. The maximum absolute atomic E-state index is 13.8. The van der Waals surface area contributed by atoms with Crippen LogP contribution in [0.3, 0.4) is 0 Å². The summed E-state index contributed by atoms with van der Waals surface area (Å²) in [5, 5.41) is 6.30. The van der Waals surface area contributed by atoms with Crippen molar-refractivity contribution in [2.75, 3.05) is 17.2 Å². The molecule has 0 aliphatic heterocycles. The first-order valence-electron chi connectivity index (χ1n) is 6.33. The maximum atomic E-state index is 13.8. The number of anilines is 3. The predicted octanol–water partition coefficient (Wildman–Crippen LogP) is 5.23. The highest BCUT2D eigenvalue weighted by molar-refractivity contribution is 6.36. The van der Waals surface area contributed by atoms with Crippen molar-refractivity contribution >= 4 is 40.5 Å². The molecule has 0 amide bonds. The topological polar surface area (TPSA) is 37.0 Å². The molecule has 3 nitrogen and oxygen atoms in total. The Hall–Kier alpha value is -1.59. The number of nitrogens with zero attached hydrogens (tertiary/aromatic N) is 1. The van der Waals surface area contributed by atoms with E-state index in [4.69, 9.17) is 23.2 Å². The molecular weight excluding hydrogens is 319 g/mol. The van der Waals surface area contributed by atoms with E-state index in [-0.39, 0.29) is 11.6 Å². The summed E-state index contributed by atoms with van der Waals surface area (Å²) in [6.45, 7) is 2.47. The van der Waals surface area contributed by atoms with Gasteiger partial charge in [0.05, 0.1) is 10.7 Å². The van der Waals surface area contributed by atoms with Crippen molar-refractivity contribution in [1.29, 1.82) is 0 Å². The Kier molecular flexibility index (Phi) is 5.20. The molecule has 2 rings (SSSR count). The van der Waals surface area contributed by atoms with Crippen LogP contribution in [-0.4, -0.2) is 11.5 Å². The largest absolute Gasteiger partial charge is 0.368 e. The fourth-order valence-electron chi connectivity index (χ4n) is 1.64. The van der Waals surface area contributed by atoms with E-state index in [1.54, 1.807) is 12.1 Å². The lowest BCUT2D eigenvalue weighted by Gasteiger charge is -2.12. The quantitative estimate of drug-likeness (QED) is 0.787. The highest BCUT2D eigenvalue weighted by atomic mass is 35.5. The van der Waals surface area contributed by atoms with Crippen molar-refractivity contribution in [2.45, 2.75) is 13.3 Å². The van der Waals surface area contributed by atoms with Gasteiger partial charge in [-0.3, -0.25) is 0 Å². The molecule has 2 aromatic rings. The van der Waals surface area contributed by atoms with Crippen molar-refractivity contribution in [3.05, 3.63) is 45.9 Å². The van der Waals surface area contributed by atoms with E-state index in [0.717, 1.165) is 12.5 Å². The Morgan fingerprint density at radius 1 is 1.10 bits per heavy atom. The van der Waals surface area contributed by atoms with E-state index in [2.05, 4.69) is 15.6 Å². The van der Waals surface area contributed by atoms with E-state index >= 15 is 0 Å². The van der Waals surface area contributed by atoms with Gasteiger partial charge in [-0.15, -0.1) is 0 Å². The van der Waals surface area contributed by atoms with Crippen molar-refractivity contribution in [2.24, 2.45) is 0 Å². The van der Waals surface area contributed by atoms with Crippen molar-refractivity contribution in [3.8, 4) is 0 Å². The van der Waals surface area contributed by atoms with E-state index < -0.39 is 11.6 Å². The fraction of sp³-hybridized carbons (Fsp3) is 0.214. The van der Waals surface area contributed by atoms with Crippen LogP contribution >= 0.6 is 23.2 Å². The molecule has 0 atom stereocenters. The average Bonchev–Trinajstić information content (AvgIpc) is 2.43. The number of halogens is 4. The Morgan fingerprint density at radius 2 is 1.81 bits per heavy atom. The number of hydrogen-bond acceptors (Lipinski definition) is 3. The van der Waals surface area contributed by atoms with E-state index in [9.17, 15) is 8.78 Å². The van der Waals surface area contributed by atoms with Gasteiger partial charge in [-0.2, -0.15) is 0 Å². The first-order valence-corrected chi connectivity index (χ1v) is 7.09. The molecular formula is C14H13Cl2F2N3. The third-order valence-corrected chi connectivity index (χ3v) is 3.20. The van der Waals surface area contributed by atoms with E-state index in [1.165, 1.54) is 6.07 Å². The summed E-state index contributed by atoms with van der Waals surface area (Å²) in [4.78, 5) is 3.90. The van der Waals surface area contributed by atoms with Gasteiger partial charge >= 0.3 is 0 Å². The zero-order chi connectivity index (χ0) is 15.4. The molecule has 2 N–H and O–H groups in total. The standard InChI is InChI=1S/C14H13Cl2F2N3/c1-2-5-19-13-10(17)7-11(18)14(21-13)20-12-4-3-8(15)6-9(12)16/h3-4,6-7H,2,5H2,1H3,(H2,19,20,21).